The van der Waals surface area contributed by atoms with Crippen molar-refractivity contribution in [3.63, 3.8) is 0 Å². The molecule has 0 spiro atoms. The average molecular weight is 203 g/mol. The number of rotatable bonds is 4. The summed E-state index contributed by atoms with van der Waals surface area (Å²) in [6.45, 7) is 1.42. The van der Waals surface area contributed by atoms with Crippen LogP contribution in [0.15, 0.2) is 0 Å². The number of phosphoric acid groups is 1. The SMILES string of the molecule is O=P(O)(O)O.OCCNCCO. The van der Waals surface area contributed by atoms with Crippen LogP contribution in [-0.2, 0) is 4.57 Å². The van der Waals surface area contributed by atoms with Crippen LogP contribution >= 0.6 is 7.82 Å². The first-order valence-corrected chi connectivity index (χ1v) is 4.69. The molecule has 0 aromatic heterocycles. The second-order valence-electron chi connectivity index (χ2n) is 1.71. The first-order chi connectivity index (χ1) is 5.41. The molecule has 0 aliphatic carbocycles. The first-order valence-electron chi connectivity index (χ1n) is 3.12. The number of aliphatic hydroxyl groups excluding tert-OH is 2. The second kappa shape index (κ2) is 9.08. The minimum Gasteiger partial charge on any atom is -0.395 e. The van der Waals surface area contributed by atoms with E-state index in [9.17, 15) is 0 Å². The molecule has 0 heterocycles. The highest BCUT2D eigenvalue weighted by atomic mass is 31.2. The van der Waals surface area contributed by atoms with Crippen LogP contribution in [0.4, 0.5) is 0 Å². The summed E-state index contributed by atoms with van der Waals surface area (Å²) in [5.41, 5.74) is 0. The van der Waals surface area contributed by atoms with Gasteiger partial charge in [-0.2, -0.15) is 0 Å². The van der Waals surface area contributed by atoms with Gasteiger partial charge in [0.25, 0.3) is 0 Å². The smallest absolute Gasteiger partial charge is 0.395 e. The lowest BCUT2D eigenvalue weighted by Gasteiger charge is -1.94. The van der Waals surface area contributed by atoms with Gasteiger partial charge in [0, 0.05) is 13.1 Å². The van der Waals surface area contributed by atoms with Crippen molar-refractivity contribution in [2.75, 3.05) is 26.3 Å². The minimum absolute atomic E-state index is 0.139. The molecule has 0 unspecified atom stereocenters. The fourth-order valence-corrected chi connectivity index (χ4v) is 0.283. The summed E-state index contributed by atoms with van der Waals surface area (Å²) < 4.78 is 8.88. The van der Waals surface area contributed by atoms with E-state index in [1.807, 2.05) is 0 Å². The van der Waals surface area contributed by atoms with Crippen molar-refractivity contribution in [2.45, 2.75) is 0 Å². The molecule has 0 aliphatic heterocycles. The van der Waals surface area contributed by atoms with Crippen LogP contribution in [0.3, 0.4) is 0 Å². The zero-order valence-electron chi connectivity index (χ0n) is 6.42. The van der Waals surface area contributed by atoms with Gasteiger partial charge < -0.3 is 30.2 Å². The number of nitrogens with one attached hydrogen (secondary N) is 1. The Morgan fingerprint density at radius 3 is 1.42 bits per heavy atom. The molecule has 6 N–H and O–H groups in total. The molecule has 7 nitrogen and oxygen atoms in total. The van der Waals surface area contributed by atoms with E-state index in [2.05, 4.69) is 5.32 Å². The molecule has 8 heteroatoms. The molecule has 0 aromatic rings. The van der Waals surface area contributed by atoms with Gasteiger partial charge in [0.1, 0.15) is 0 Å². The lowest BCUT2D eigenvalue weighted by atomic mass is 10.6. The monoisotopic (exact) mass is 203 g/mol. The third-order valence-electron chi connectivity index (χ3n) is 0.577. The van der Waals surface area contributed by atoms with Gasteiger partial charge >= 0.3 is 7.82 Å². The van der Waals surface area contributed by atoms with Crippen LogP contribution in [-0.4, -0.2) is 51.2 Å². The van der Waals surface area contributed by atoms with Gasteiger partial charge in [0.05, 0.1) is 13.2 Å². The Labute approximate surface area is 69.9 Å². The summed E-state index contributed by atoms with van der Waals surface area (Å²) in [4.78, 5) is 21.6. The van der Waals surface area contributed by atoms with Gasteiger partial charge in [-0.05, 0) is 0 Å². The molecule has 0 amide bonds. The summed E-state index contributed by atoms with van der Waals surface area (Å²) in [6, 6.07) is 0. The standard InChI is InChI=1S/C4H11NO2.H3O4P/c6-3-1-5-2-4-7;1-5(2,3)4/h5-7H,1-4H2;(H3,1,2,3,4). The van der Waals surface area contributed by atoms with Crippen LogP contribution in [0.2, 0.25) is 0 Å². The highest BCUT2D eigenvalue weighted by molar-refractivity contribution is 7.45. The van der Waals surface area contributed by atoms with E-state index >= 15 is 0 Å². The van der Waals surface area contributed by atoms with Crippen molar-refractivity contribution in [3.05, 3.63) is 0 Å². The Hall–Kier alpha value is -0.0100. The summed E-state index contributed by atoms with van der Waals surface area (Å²) in [5, 5.41) is 19.1. The zero-order chi connectivity index (χ0) is 10.0. The van der Waals surface area contributed by atoms with Crippen molar-refractivity contribution < 1.29 is 29.5 Å². The van der Waals surface area contributed by atoms with Crippen molar-refractivity contribution >= 4 is 7.82 Å². The van der Waals surface area contributed by atoms with Crippen LogP contribution in [0, 0.1) is 0 Å². The highest BCUT2D eigenvalue weighted by Gasteiger charge is 2.00. The average Bonchev–Trinajstić information content (AvgIpc) is 1.85. The van der Waals surface area contributed by atoms with Crippen molar-refractivity contribution in [1.82, 2.24) is 5.32 Å². The molecule has 0 bridgehead atoms. The van der Waals surface area contributed by atoms with Crippen molar-refractivity contribution in [3.8, 4) is 0 Å². The molecular formula is C4H14NO6P. The van der Waals surface area contributed by atoms with Gasteiger partial charge in [-0.3, -0.25) is 0 Å². The van der Waals surface area contributed by atoms with E-state index in [1.165, 1.54) is 0 Å². The minimum atomic E-state index is -4.64. The molecule has 0 saturated heterocycles. The molecule has 0 aromatic carbocycles. The molecule has 76 valence electrons. The normalized spacial score (nSPS) is 10.4. The fraction of sp³-hybridized carbons (Fsp3) is 1.00. The summed E-state index contributed by atoms with van der Waals surface area (Å²) in [6.07, 6.45) is 0. The maximum absolute atomic E-state index is 8.88. The molecule has 0 aliphatic rings. The molecule has 0 fully saturated rings. The number of hydrogen-bond donors (Lipinski definition) is 6. The Kier molecular flexibility index (Phi) is 11.0. The molecule has 0 saturated carbocycles. The van der Waals surface area contributed by atoms with Gasteiger partial charge in [-0.25, -0.2) is 4.57 Å². The number of hydrogen-bond acceptors (Lipinski definition) is 4. The summed E-state index contributed by atoms with van der Waals surface area (Å²) in [5.74, 6) is 0. The van der Waals surface area contributed by atoms with E-state index in [-0.39, 0.29) is 13.2 Å². The molecule has 0 rings (SSSR count). The Bertz CT molecular complexity index is 112. The van der Waals surface area contributed by atoms with E-state index in [0.29, 0.717) is 13.1 Å². The zero-order valence-corrected chi connectivity index (χ0v) is 7.31. The Morgan fingerprint density at radius 1 is 1.00 bits per heavy atom. The third kappa shape index (κ3) is 50.7. The maximum Gasteiger partial charge on any atom is 0.466 e. The first kappa shape index (κ1) is 14.5. The highest BCUT2D eigenvalue weighted by Crippen LogP contribution is 2.25. The van der Waals surface area contributed by atoms with Crippen LogP contribution in [0.1, 0.15) is 0 Å². The lowest BCUT2D eigenvalue weighted by molar-refractivity contribution is 0.266. The van der Waals surface area contributed by atoms with Gasteiger partial charge in [-0.1, -0.05) is 0 Å². The Balaban J connectivity index is 0. The molecule has 12 heavy (non-hydrogen) atoms. The quantitative estimate of drug-likeness (QED) is 0.222. The molecular weight excluding hydrogens is 189 g/mol. The Morgan fingerprint density at radius 2 is 1.25 bits per heavy atom. The molecule has 0 atom stereocenters. The van der Waals surface area contributed by atoms with E-state index in [4.69, 9.17) is 29.5 Å². The van der Waals surface area contributed by atoms with Crippen LogP contribution < -0.4 is 5.32 Å². The van der Waals surface area contributed by atoms with E-state index < -0.39 is 7.82 Å². The van der Waals surface area contributed by atoms with Crippen LogP contribution in [0.5, 0.6) is 0 Å². The van der Waals surface area contributed by atoms with Crippen molar-refractivity contribution in [1.29, 1.82) is 0 Å². The molecule has 0 radical (unpaired) electrons. The second-order valence-corrected chi connectivity index (χ2v) is 2.74. The largest absolute Gasteiger partial charge is 0.466 e. The predicted molar refractivity (Wildman–Crippen MR) is 41.3 cm³/mol. The van der Waals surface area contributed by atoms with E-state index in [0.717, 1.165) is 0 Å². The fourth-order valence-electron chi connectivity index (χ4n) is 0.283. The topological polar surface area (TPSA) is 130 Å². The third-order valence-corrected chi connectivity index (χ3v) is 0.577. The van der Waals surface area contributed by atoms with Gasteiger partial charge in [0.2, 0.25) is 0 Å². The van der Waals surface area contributed by atoms with Gasteiger partial charge in [0.15, 0.2) is 0 Å². The van der Waals surface area contributed by atoms with Crippen molar-refractivity contribution in [2.24, 2.45) is 0 Å². The maximum atomic E-state index is 8.88. The lowest BCUT2D eigenvalue weighted by Crippen LogP contribution is -2.21. The van der Waals surface area contributed by atoms with Crippen LogP contribution in [0.25, 0.3) is 0 Å². The summed E-state index contributed by atoms with van der Waals surface area (Å²) >= 11 is 0. The van der Waals surface area contributed by atoms with Gasteiger partial charge in [-0.15, -0.1) is 0 Å². The summed E-state index contributed by atoms with van der Waals surface area (Å²) in [7, 11) is -4.64. The number of aliphatic hydroxyl groups is 2. The van der Waals surface area contributed by atoms with E-state index in [1.54, 1.807) is 0 Å². The predicted octanol–water partition coefficient (Wildman–Crippen LogP) is -2.37.